The van der Waals surface area contributed by atoms with E-state index < -0.39 is 35.5 Å². The Labute approximate surface area is 252 Å². The first-order chi connectivity index (χ1) is 20.2. The molecule has 4 aliphatic rings. The van der Waals surface area contributed by atoms with Crippen molar-refractivity contribution in [2.75, 3.05) is 9.80 Å². The molecule has 1 saturated carbocycles. The second-order valence-electron chi connectivity index (χ2n) is 11.5. The number of halogens is 2. The Morgan fingerprint density at radius 1 is 0.690 bits per heavy atom. The number of hydrogen-bond acceptors (Lipinski definition) is 5. The number of aromatic hydroxyl groups is 1. The Hall–Kier alpha value is -3.94. The number of carbonyl (C=O) groups is 4. The largest absolute Gasteiger partial charge is 0.508 e. The quantitative estimate of drug-likeness (QED) is 0.291. The molecule has 2 heterocycles. The summed E-state index contributed by atoms with van der Waals surface area (Å²) in [5.41, 5.74) is 3.25. The zero-order valence-electron chi connectivity index (χ0n) is 22.5. The molecule has 0 spiro atoms. The number of allylic oxidation sites excluding steroid dienone is 2. The van der Waals surface area contributed by atoms with Crippen LogP contribution >= 0.6 is 23.2 Å². The second-order valence-corrected chi connectivity index (χ2v) is 12.4. The zero-order valence-corrected chi connectivity index (χ0v) is 24.0. The van der Waals surface area contributed by atoms with Gasteiger partial charge in [0.1, 0.15) is 5.75 Å². The van der Waals surface area contributed by atoms with Crippen molar-refractivity contribution in [3.63, 3.8) is 0 Å². The first-order valence-electron chi connectivity index (χ1n) is 13.9. The third-order valence-electron chi connectivity index (χ3n) is 9.40. The summed E-state index contributed by atoms with van der Waals surface area (Å²) < 4.78 is 0. The van der Waals surface area contributed by atoms with Crippen LogP contribution in [0.5, 0.6) is 5.75 Å². The number of phenols is 1. The number of rotatable bonds is 3. The minimum atomic E-state index is -0.684. The fraction of sp³-hybridized carbons (Fsp3) is 0.273. The molecule has 3 fully saturated rings. The van der Waals surface area contributed by atoms with Gasteiger partial charge in [-0.25, -0.2) is 0 Å². The van der Waals surface area contributed by atoms with Gasteiger partial charge in [-0.05, 0) is 91.4 Å². The maximum atomic E-state index is 14.1. The van der Waals surface area contributed by atoms with Gasteiger partial charge in [-0.15, -0.1) is 0 Å². The zero-order chi connectivity index (χ0) is 29.4. The smallest absolute Gasteiger partial charge is 0.238 e. The highest BCUT2D eigenvalue weighted by Crippen LogP contribution is 2.58. The summed E-state index contributed by atoms with van der Waals surface area (Å²) >= 11 is 12.1. The molecule has 42 heavy (non-hydrogen) atoms. The van der Waals surface area contributed by atoms with E-state index in [1.54, 1.807) is 67.6 Å². The number of imide groups is 2. The third kappa shape index (κ3) is 3.94. The van der Waals surface area contributed by atoms with Crippen molar-refractivity contribution in [3.8, 4) is 5.75 Å². The fourth-order valence-corrected chi connectivity index (χ4v) is 7.78. The van der Waals surface area contributed by atoms with Crippen LogP contribution in [0.2, 0.25) is 10.0 Å². The molecule has 2 aliphatic carbocycles. The van der Waals surface area contributed by atoms with Crippen LogP contribution in [0.25, 0.3) is 0 Å². The van der Waals surface area contributed by atoms with Gasteiger partial charge >= 0.3 is 0 Å². The Bertz CT molecular complexity index is 1700. The fourth-order valence-electron chi connectivity index (χ4n) is 7.52. The lowest BCUT2D eigenvalue weighted by Gasteiger charge is -2.44. The molecule has 4 amide bonds. The summed E-state index contributed by atoms with van der Waals surface area (Å²) in [7, 11) is 0. The summed E-state index contributed by atoms with van der Waals surface area (Å²) in [5.74, 6) is -4.52. The minimum absolute atomic E-state index is 0.132. The molecule has 3 aromatic carbocycles. The molecule has 6 unspecified atom stereocenters. The van der Waals surface area contributed by atoms with E-state index >= 15 is 0 Å². The normalized spacial score (nSPS) is 28.5. The van der Waals surface area contributed by atoms with E-state index in [0.29, 0.717) is 33.4 Å². The van der Waals surface area contributed by atoms with Gasteiger partial charge in [0.2, 0.25) is 23.6 Å². The van der Waals surface area contributed by atoms with E-state index in [4.69, 9.17) is 23.2 Å². The predicted octanol–water partition coefficient (Wildman–Crippen LogP) is 6.05. The number of nitrogens with zero attached hydrogens (tertiary/aromatic N) is 2. The maximum Gasteiger partial charge on any atom is 0.238 e. The van der Waals surface area contributed by atoms with Crippen LogP contribution in [0.4, 0.5) is 11.4 Å². The number of carbonyl (C=O) groups excluding carboxylic acids is 4. The van der Waals surface area contributed by atoms with Crippen molar-refractivity contribution in [1.29, 1.82) is 0 Å². The van der Waals surface area contributed by atoms with Crippen LogP contribution in [0, 0.1) is 36.5 Å². The van der Waals surface area contributed by atoms with Gasteiger partial charge in [0, 0.05) is 16.0 Å². The molecule has 0 bridgehead atoms. The van der Waals surface area contributed by atoms with Gasteiger partial charge in [-0.1, -0.05) is 47.0 Å². The Morgan fingerprint density at radius 3 is 1.81 bits per heavy atom. The van der Waals surface area contributed by atoms with Gasteiger partial charge in [-0.2, -0.15) is 0 Å². The van der Waals surface area contributed by atoms with Crippen LogP contribution in [-0.4, -0.2) is 28.7 Å². The Balaban J connectivity index is 1.33. The van der Waals surface area contributed by atoms with Gasteiger partial charge < -0.3 is 5.11 Å². The van der Waals surface area contributed by atoms with E-state index in [1.807, 2.05) is 12.1 Å². The number of fused-ring (bicyclic) bond motifs is 4. The summed E-state index contributed by atoms with van der Waals surface area (Å²) in [4.78, 5) is 58.2. The molecule has 7 rings (SSSR count). The molecule has 212 valence electrons. The number of phenolic OH excluding ortho intramolecular Hbond substituents is 1. The highest BCUT2D eigenvalue weighted by Gasteiger charge is 2.62. The lowest BCUT2D eigenvalue weighted by molar-refractivity contribution is -0.126. The molecule has 2 saturated heterocycles. The maximum absolute atomic E-state index is 14.1. The molecule has 9 heteroatoms. The average molecular weight is 601 g/mol. The van der Waals surface area contributed by atoms with E-state index in [0.717, 1.165) is 11.1 Å². The van der Waals surface area contributed by atoms with Gasteiger partial charge in [0.25, 0.3) is 0 Å². The number of hydrogen-bond donors (Lipinski definition) is 1. The minimum Gasteiger partial charge on any atom is -0.508 e. The molecule has 3 aromatic rings. The topological polar surface area (TPSA) is 95.0 Å². The second kappa shape index (κ2) is 9.82. The van der Waals surface area contributed by atoms with Gasteiger partial charge in [-0.3, -0.25) is 29.0 Å². The van der Waals surface area contributed by atoms with Gasteiger partial charge in [0.15, 0.2) is 0 Å². The van der Waals surface area contributed by atoms with E-state index in [1.165, 1.54) is 9.80 Å². The SMILES string of the molecule is Cc1cc(C2C3=CCC4C(=O)N(c5ccc(Cl)cc5)C(=O)C4C3CC3C(=O)N(c4ccc(Cl)cc4)C(=O)C32)ccc1O. The highest BCUT2D eigenvalue weighted by atomic mass is 35.5. The molecule has 6 atom stereocenters. The third-order valence-corrected chi connectivity index (χ3v) is 9.90. The van der Waals surface area contributed by atoms with E-state index in [2.05, 4.69) is 0 Å². The lowest BCUT2D eigenvalue weighted by Crippen LogP contribution is -2.43. The van der Waals surface area contributed by atoms with Gasteiger partial charge in [0.05, 0.1) is 35.0 Å². The molecular weight excluding hydrogens is 575 g/mol. The molecule has 0 aromatic heterocycles. The van der Waals surface area contributed by atoms with Crippen molar-refractivity contribution < 1.29 is 24.3 Å². The number of aryl methyl sites for hydroxylation is 1. The number of anilines is 2. The summed E-state index contributed by atoms with van der Waals surface area (Å²) in [5, 5.41) is 11.2. The van der Waals surface area contributed by atoms with Crippen LogP contribution in [-0.2, 0) is 19.2 Å². The molecular formula is C33H26Cl2N2O5. The highest BCUT2D eigenvalue weighted by molar-refractivity contribution is 6.31. The molecule has 1 N–H and O–H groups in total. The van der Waals surface area contributed by atoms with Crippen molar-refractivity contribution in [2.45, 2.75) is 25.7 Å². The average Bonchev–Trinajstić information content (AvgIpc) is 3.38. The van der Waals surface area contributed by atoms with Crippen LogP contribution < -0.4 is 9.80 Å². The predicted molar refractivity (Wildman–Crippen MR) is 158 cm³/mol. The van der Waals surface area contributed by atoms with Crippen LogP contribution in [0.1, 0.15) is 29.9 Å². The number of amides is 4. The summed E-state index contributed by atoms with van der Waals surface area (Å²) in [6, 6.07) is 18.4. The van der Waals surface area contributed by atoms with Crippen molar-refractivity contribution in [2.24, 2.45) is 29.6 Å². The van der Waals surface area contributed by atoms with Crippen molar-refractivity contribution in [3.05, 3.63) is 99.6 Å². The van der Waals surface area contributed by atoms with Crippen molar-refractivity contribution >= 4 is 58.2 Å². The molecule has 0 radical (unpaired) electrons. The van der Waals surface area contributed by atoms with E-state index in [9.17, 15) is 24.3 Å². The number of benzene rings is 3. The summed E-state index contributed by atoms with van der Waals surface area (Å²) in [6.45, 7) is 1.78. The van der Waals surface area contributed by atoms with Crippen molar-refractivity contribution in [1.82, 2.24) is 0 Å². The Morgan fingerprint density at radius 2 is 1.24 bits per heavy atom. The first kappa shape index (κ1) is 26.9. The van der Waals surface area contributed by atoms with Crippen LogP contribution in [0.3, 0.4) is 0 Å². The Kier molecular flexibility index (Phi) is 6.29. The summed E-state index contributed by atoms with van der Waals surface area (Å²) in [6.07, 6.45) is 2.65. The monoisotopic (exact) mass is 600 g/mol. The molecule has 7 nitrogen and oxygen atoms in total. The standard InChI is InChI=1S/C33H26Cl2N2O5/c1-16-14-17(2-13-26(16)38)27-22-11-12-23-28(32(41)36(30(23)39)20-7-3-18(34)4-8-20)24(22)15-25-29(27)33(42)37(31(25)40)21-9-5-19(35)6-10-21/h2-11,13-14,23-25,27-29,38H,12,15H2,1H3. The first-order valence-corrected chi connectivity index (χ1v) is 14.7. The lowest BCUT2D eigenvalue weighted by atomic mass is 9.57. The van der Waals surface area contributed by atoms with Crippen LogP contribution in [0.15, 0.2) is 78.4 Å². The molecule has 2 aliphatic heterocycles. The van der Waals surface area contributed by atoms with E-state index in [-0.39, 0.29) is 35.8 Å².